The molecule has 0 bridgehead atoms. The summed E-state index contributed by atoms with van der Waals surface area (Å²) in [6.45, 7) is 3.71. The van der Waals surface area contributed by atoms with Crippen LogP contribution in [-0.4, -0.2) is 37.9 Å². The van der Waals surface area contributed by atoms with E-state index in [1.165, 1.54) is 42.1 Å². The molecule has 5 rings (SSSR count). The molecule has 3 aromatic rings. The molecule has 2 N–H and O–H groups in total. The van der Waals surface area contributed by atoms with Gasteiger partial charge in [-0.15, -0.1) is 0 Å². The van der Waals surface area contributed by atoms with Gasteiger partial charge in [0, 0.05) is 23.6 Å². The van der Waals surface area contributed by atoms with Crippen LogP contribution in [0.2, 0.25) is 0 Å². The van der Waals surface area contributed by atoms with E-state index in [1.54, 1.807) is 0 Å². The molecule has 2 heterocycles. The second kappa shape index (κ2) is 9.00. The summed E-state index contributed by atoms with van der Waals surface area (Å²) in [6, 6.07) is 14.5. The Morgan fingerprint density at radius 3 is 2.77 bits per heavy atom. The highest BCUT2D eigenvalue weighted by Crippen LogP contribution is 2.39. The maximum Gasteiger partial charge on any atom is 0.203 e. The van der Waals surface area contributed by atoms with Crippen molar-refractivity contribution >= 4 is 10.9 Å². The number of nitrogens with one attached hydrogen (secondary N) is 2. The molecule has 30 heavy (non-hydrogen) atoms. The van der Waals surface area contributed by atoms with Crippen molar-refractivity contribution in [1.82, 2.24) is 10.3 Å². The minimum atomic E-state index is 0.576. The molecule has 1 saturated carbocycles. The Bertz CT molecular complexity index is 975. The van der Waals surface area contributed by atoms with Gasteiger partial charge in [0.15, 0.2) is 11.5 Å². The average Bonchev–Trinajstić information content (AvgIpc) is 3.24. The summed E-state index contributed by atoms with van der Waals surface area (Å²) in [5.41, 5.74) is 2.76. The largest absolute Gasteiger partial charge is 0.488 e. The zero-order chi connectivity index (χ0) is 20.2. The van der Waals surface area contributed by atoms with Gasteiger partial charge in [-0.2, -0.15) is 0 Å². The number of para-hydroxylation sites is 2. The first kappa shape index (κ1) is 19.3. The van der Waals surface area contributed by atoms with E-state index in [9.17, 15) is 0 Å². The first-order chi connectivity index (χ1) is 14.9. The summed E-state index contributed by atoms with van der Waals surface area (Å²) in [4.78, 5) is 3.43. The predicted octanol–water partition coefficient (Wildman–Crippen LogP) is 4.88. The maximum atomic E-state index is 5.93. The smallest absolute Gasteiger partial charge is 0.203 e. The Kier molecular flexibility index (Phi) is 5.80. The predicted molar refractivity (Wildman–Crippen MR) is 119 cm³/mol. The molecule has 0 spiro atoms. The van der Waals surface area contributed by atoms with Crippen LogP contribution < -0.4 is 19.5 Å². The fraction of sp³-hybridized carbons (Fsp3) is 0.440. The van der Waals surface area contributed by atoms with Crippen molar-refractivity contribution in [2.45, 2.75) is 31.6 Å². The first-order valence-corrected chi connectivity index (χ1v) is 11.2. The summed E-state index contributed by atoms with van der Waals surface area (Å²) in [7, 11) is 0. The van der Waals surface area contributed by atoms with Gasteiger partial charge >= 0.3 is 0 Å². The van der Waals surface area contributed by atoms with Gasteiger partial charge in [-0.05, 0) is 67.8 Å². The Morgan fingerprint density at radius 2 is 1.83 bits per heavy atom. The van der Waals surface area contributed by atoms with Crippen LogP contribution in [0.4, 0.5) is 0 Å². The Balaban J connectivity index is 1.04. The topological polar surface area (TPSA) is 55.5 Å². The third-order valence-electron chi connectivity index (χ3n) is 6.41. The number of hydrogen-bond donors (Lipinski definition) is 2. The average molecular weight is 407 g/mol. The molecule has 1 aromatic heterocycles. The van der Waals surface area contributed by atoms with Crippen molar-refractivity contribution in [2.24, 2.45) is 5.92 Å². The van der Waals surface area contributed by atoms with E-state index >= 15 is 0 Å². The Hall–Kier alpha value is -2.66. The van der Waals surface area contributed by atoms with Crippen molar-refractivity contribution in [3.8, 4) is 17.2 Å². The van der Waals surface area contributed by atoms with Crippen molar-refractivity contribution in [3.05, 3.63) is 54.2 Å². The van der Waals surface area contributed by atoms with Gasteiger partial charge < -0.3 is 24.5 Å². The second-order valence-corrected chi connectivity index (χ2v) is 8.34. The molecule has 1 aliphatic heterocycles. The monoisotopic (exact) mass is 406 g/mol. The van der Waals surface area contributed by atoms with Crippen LogP contribution in [0.5, 0.6) is 17.2 Å². The quantitative estimate of drug-likeness (QED) is 0.549. The van der Waals surface area contributed by atoms with Crippen molar-refractivity contribution in [2.75, 3.05) is 32.9 Å². The third-order valence-corrected chi connectivity index (χ3v) is 6.41. The van der Waals surface area contributed by atoms with Crippen molar-refractivity contribution < 1.29 is 14.2 Å². The molecule has 0 radical (unpaired) electrons. The molecule has 1 aliphatic carbocycles. The van der Waals surface area contributed by atoms with E-state index in [1.807, 2.05) is 18.2 Å². The molecule has 158 valence electrons. The van der Waals surface area contributed by atoms with Gasteiger partial charge in [0.05, 0.1) is 0 Å². The molecule has 0 saturated heterocycles. The van der Waals surface area contributed by atoms with E-state index in [2.05, 4.69) is 40.8 Å². The highest BCUT2D eigenvalue weighted by molar-refractivity contribution is 5.83. The Labute approximate surface area is 177 Å². The molecular weight excluding hydrogens is 376 g/mol. The van der Waals surface area contributed by atoms with Crippen LogP contribution in [-0.2, 0) is 0 Å². The lowest BCUT2D eigenvalue weighted by molar-refractivity contribution is 0.162. The fourth-order valence-corrected chi connectivity index (χ4v) is 4.81. The van der Waals surface area contributed by atoms with Gasteiger partial charge in [0.1, 0.15) is 19.8 Å². The van der Waals surface area contributed by atoms with Gasteiger partial charge in [-0.1, -0.05) is 24.3 Å². The van der Waals surface area contributed by atoms with Crippen molar-refractivity contribution in [1.29, 1.82) is 0 Å². The van der Waals surface area contributed by atoms with E-state index in [-0.39, 0.29) is 0 Å². The number of hydrogen-bond acceptors (Lipinski definition) is 4. The highest BCUT2D eigenvalue weighted by Gasteiger charge is 2.24. The minimum Gasteiger partial charge on any atom is -0.488 e. The SMILES string of the molecule is c1cc(OCCNCC2CCC(c3c[nH]c4ccccc34)CC2)c2c(c1)OCCO2. The van der Waals surface area contributed by atoms with E-state index in [0.29, 0.717) is 25.7 Å². The molecule has 0 amide bonds. The molecule has 5 nitrogen and oxygen atoms in total. The molecule has 0 atom stereocenters. The zero-order valence-corrected chi connectivity index (χ0v) is 17.4. The van der Waals surface area contributed by atoms with Gasteiger partial charge in [0.2, 0.25) is 5.75 Å². The van der Waals surface area contributed by atoms with Crippen LogP contribution in [0.25, 0.3) is 10.9 Å². The van der Waals surface area contributed by atoms with E-state index < -0.39 is 0 Å². The summed E-state index contributed by atoms with van der Waals surface area (Å²) in [5.74, 6) is 3.73. The molecule has 5 heteroatoms. The van der Waals surface area contributed by atoms with Crippen LogP contribution in [0.3, 0.4) is 0 Å². The molecule has 1 fully saturated rings. The number of rotatable bonds is 7. The zero-order valence-electron chi connectivity index (χ0n) is 17.4. The van der Waals surface area contributed by atoms with Crippen LogP contribution in [0.1, 0.15) is 37.2 Å². The van der Waals surface area contributed by atoms with Crippen LogP contribution in [0.15, 0.2) is 48.7 Å². The molecule has 2 aromatic carbocycles. The second-order valence-electron chi connectivity index (χ2n) is 8.34. The third kappa shape index (κ3) is 4.12. The lowest BCUT2D eigenvalue weighted by atomic mass is 9.78. The number of aromatic amines is 1. The first-order valence-electron chi connectivity index (χ1n) is 11.2. The standard InChI is InChI=1S/C25H30N2O3/c1-2-5-22-20(4-1)21(17-27-22)19-10-8-18(9-11-19)16-26-12-13-28-23-6-3-7-24-25(23)30-15-14-29-24/h1-7,17-19,26-27H,8-16H2. The number of aromatic nitrogens is 1. The maximum absolute atomic E-state index is 5.93. The summed E-state index contributed by atoms with van der Waals surface area (Å²) in [5, 5.41) is 4.98. The lowest BCUT2D eigenvalue weighted by Gasteiger charge is -2.28. The van der Waals surface area contributed by atoms with Gasteiger partial charge in [-0.3, -0.25) is 0 Å². The summed E-state index contributed by atoms with van der Waals surface area (Å²) >= 11 is 0. The van der Waals surface area contributed by atoms with Crippen LogP contribution >= 0.6 is 0 Å². The van der Waals surface area contributed by atoms with E-state index in [0.717, 1.165) is 36.3 Å². The number of ether oxygens (including phenoxy) is 3. The number of H-pyrrole nitrogens is 1. The summed E-state index contributed by atoms with van der Waals surface area (Å²) in [6.07, 6.45) is 7.35. The summed E-state index contributed by atoms with van der Waals surface area (Å²) < 4.78 is 17.2. The van der Waals surface area contributed by atoms with Gasteiger partial charge in [0.25, 0.3) is 0 Å². The minimum absolute atomic E-state index is 0.576. The molecule has 2 aliphatic rings. The van der Waals surface area contributed by atoms with Gasteiger partial charge in [-0.25, -0.2) is 0 Å². The number of fused-ring (bicyclic) bond motifs is 2. The van der Waals surface area contributed by atoms with Crippen LogP contribution in [0, 0.1) is 5.92 Å². The fourth-order valence-electron chi connectivity index (χ4n) is 4.81. The number of benzene rings is 2. The molecular formula is C25H30N2O3. The molecule has 0 unspecified atom stereocenters. The normalized spacial score (nSPS) is 20.9. The highest BCUT2D eigenvalue weighted by atomic mass is 16.6. The van der Waals surface area contributed by atoms with E-state index in [4.69, 9.17) is 14.2 Å². The Morgan fingerprint density at radius 1 is 0.967 bits per heavy atom. The lowest BCUT2D eigenvalue weighted by Crippen LogP contribution is -2.29. The van der Waals surface area contributed by atoms with Crippen molar-refractivity contribution in [3.63, 3.8) is 0 Å².